The number of ether oxygens (including phenoxy) is 2. The summed E-state index contributed by atoms with van der Waals surface area (Å²) in [6.07, 6.45) is 0.553. The highest BCUT2D eigenvalue weighted by Crippen LogP contribution is 2.14. The van der Waals surface area contributed by atoms with Crippen LogP contribution in [0, 0.1) is 11.3 Å². The molecular formula is C8H15NO3. The first-order valence-corrected chi connectivity index (χ1v) is 3.89. The summed E-state index contributed by atoms with van der Waals surface area (Å²) in [6.45, 7) is 2.18. The van der Waals surface area contributed by atoms with E-state index >= 15 is 0 Å². The van der Waals surface area contributed by atoms with Gasteiger partial charge in [0.05, 0.1) is 19.8 Å². The summed E-state index contributed by atoms with van der Waals surface area (Å²) in [5, 5.41) is 17.3. The minimum absolute atomic E-state index is 0.0762. The topological polar surface area (TPSA) is 62.5 Å². The normalized spacial score (nSPS) is 15.2. The Hall–Kier alpha value is -0.630. The second kappa shape index (κ2) is 5.95. The van der Waals surface area contributed by atoms with Gasteiger partial charge in [0.15, 0.2) is 5.60 Å². The van der Waals surface area contributed by atoms with Crippen LogP contribution < -0.4 is 0 Å². The number of methoxy groups -OCH3 is 1. The molecule has 0 aliphatic rings. The molecule has 1 N–H and O–H groups in total. The van der Waals surface area contributed by atoms with Gasteiger partial charge < -0.3 is 14.6 Å². The third-order valence-electron chi connectivity index (χ3n) is 1.62. The van der Waals surface area contributed by atoms with Crippen LogP contribution >= 0.6 is 0 Å². The van der Waals surface area contributed by atoms with Crippen LogP contribution in [0.4, 0.5) is 0 Å². The maximum Gasteiger partial charge on any atom is 0.177 e. The van der Waals surface area contributed by atoms with E-state index in [1.54, 1.807) is 0 Å². The predicted octanol–water partition coefficient (Wildman–Crippen LogP) is 0.314. The van der Waals surface area contributed by atoms with Crippen molar-refractivity contribution >= 4 is 0 Å². The van der Waals surface area contributed by atoms with Crippen molar-refractivity contribution in [1.82, 2.24) is 0 Å². The highest BCUT2D eigenvalue weighted by atomic mass is 16.5. The van der Waals surface area contributed by atoms with Crippen molar-refractivity contribution in [2.45, 2.75) is 18.9 Å². The van der Waals surface area contributed by atoms with E-state index in [0.717, 1.165) is 0 Å². The second-order valence-corrected chi connectivity index (χ2v) is 2.46. The van der Waals surface area contributed by atoms with Crippen molar-refractivity contribution in [3.63, 3.8) is 0 Å². The molecule has 0 heterocycles. The quantitative estimate of drug-likeness (QED) is 0.628. The van der Waals surface area contributed by atoms with Gasteiger partial charge in [0.2, 0.25) is 0 Å². The van der Waals surface area contributed by atoms with Crippen molar-refractivity contribution in [3.05, 3.63) is 0 Å². The zero-order chi connectivity index (χ0) is 9.45. The number of aliphatic hydroxyl groups is 1. The Bertz CT molecular complexity index is 155. The first-order chi connectivity index (χ1) is 5.74. The van der Waals surface area contributed by atoms with Gasteiger partial charge in [-0.2, -0.15) is 5.26 Å². The maximum absolute atomic E-state index is 8.80. The third kappa shape index (κ3) is 3.18. The van der Waals surface area contributed by atoms with E-state index in [2.05, 4.69) is 0 Å². The highest BCUT2D eigenvalue weighted by molar-refractivity contribution is 5.01. The molecule has 0 aromatic carbocycles. The van der Waals surface area contributed by atoms with E-state index in [9.17, 15) is 0 Å². The average molecular weight is 173 g/mol. The molecule has 0 bridgehead atoms. The van der Waals surface area contributed by atoms with E-state index in [1.165, 1.54) is 7.11 Å². The Balaban J connectivity index is 4.07. The second-order valence-electron chi connectivity index (χ2n) is 2.46. The molecule has 0 radical (unpaired) electrons. The Labute approximate surface area is 72.7 Å². The molecule has 0 aromatic rings. The van der Waals surface area contributed by atoms with Gasteiger partial charge >= 0.3 is 0 Å². The first-order valence-electron chi connectivity index (χ1n) is 3.89. The lowest BCUT2D eigenvalue weighted by atomic mass is 10.0. The largest absolute Gasteiger partial charge is 0.394 e. The van der Waals surface area contributed by atoms with Crippen molar-refractivity contribution in [1.29, 1.82) is 5.26 Å². The van der Waals surface area contributed by atoms with E-state index < -0.39 is 5.60 Å². The number of hydrogen-bond acceptors (Lipinski definition) is 4. The van der Waals surface area contributed by atoms with Gasteiger partial charge in [-0.15, -0.1) is 0 Å². The predicted molar refractivity (Wildman–Crippen MR) is 43.5 cm³/mol. The Morgan fingerprint density at radius 3 is 2.58 bits per heavy atom. The molecule has 0 spiro atoms. The molecule has 0 saturated carbocycles. The number of nitriles is 1. The fourth-order valence-electron chi connectivity index (χ4n) is 0.864. The number of hydrogen-bond donors (Lipinski definition) is 1. The van der Waals surface area contributed by atoms with E-state index in [-0.39, 0.29) is 19.8 Å². The third-order valence-corrected chi connectivity index (χ3v) is 1.62. The zero-order valence-corrected chi connectivity index (χ0v) is 7.54. The van der Waals surface area contributed by atoms with Gasteiger partial charge in [0.25, 0.3) is 0 Å². The monoisotopic (exact) mass is 173 g/mol. The minimum Gasteiger partial charge on any atom is -0.394 e. The fraction of sp³-hybridized carbons (Fsp3) is 0.875. The smallest absolute Gasteiger partial charge is 0.177 e. The molecule has 12 heavy (non-hydrogen) atoms. The van der Waals surface area contributed by atoms with Crippen LogP contribution in [0.25, 0.3) is 0 Å². The van der Waals surface area contributed by atoms with E-state index in [4.69, 9.17) is 19.8 Å². The SMILES string of the molecule is CCC(C#N)(COC)OCCO. The molecule has 4 nitrogen and oxygen atoms in total. The van der Waals surface area contributed by atoms with Crippen LogP contribution in [0.15, 0.2) is 0 Å². The van der Waals surface area contributed by atoms with E-state index in [0.29, 0.717) is 6.42 Å². The molecule has 0 aliphatic carbocycles. The zero-order valence-electron chi connectivity index (χ0n) is 7.54. The molecule has 0 rings (SSSR count). The van der Waals surface area contributed by atoms with Crippen LogP contribution in [0.3, 0.4) is 0 Å². The van der Waals surface area contributed by atoms with Crippen molar-refractivity contribution < 1.29 is 14.6 Å². The first kappa shape index (κ1) is 11.4. The Kier molecular flexibility index (Phi) is 5.64. The summed E-state index contributed by atoms with van der Waals surface area (Å²) in [7, 11) is 1.52. The van der Waals surface area contributed by atoms with Crippen LogP contribution in [0.5, 0.6) is 0 Å². The van der Waals surface area contributed by atoms with Gasteiger partial charge in [0, 0.05) is 7.11 Å². The summed E-state index contributed by atoms with van der Waals surface area (Å²) in [5.74, 6) is 0. The molecule has 0 fully saturated rings. The van der Waals surface area contributed by atoms with Crippen molar-refractivity contribution in [3.8, 4) is 6.07 Å². The summed E-state index contributed by atoms with van der Waals surface area (Å²) < 4.78 is 10.0. The van der Waals surface area contributed by atoms with Crippen LogP contribution in [-0.4, -0.2) is 37.6 Å². The van der Waals surface area contributed by atoms with Gasteiger partial charge in [-0.05, 0) is 6.42 Å². The summed E-state index contributed by atoms with van der Waals surface area (Å²) in [4.78, 5) is 0. The molecule has 1 atom stereocenters. The van der Waals surface area contributed by atoms with Crippen molar-refractivity contribution in [2.24, 2.45) is 0 Å². The lowest BCUT2D eigenvalue weighted by Crippen LogP contribution is -2.36. The lowest BCUT2D eigenvalue weighted by molar-refractivity contribution is -0.0633. The summed E-state index contributed by atoms with van der Waals surface area (Å²) in [5.41, 5.74) is -0.891. The molecule has 0 saturated heterocycles. The van der Waals surface area contributed by atoms with Gasteiger partial charge in [0.1, 0.15) is 6.07 Å². The minimum atomic E-state index is -0.891. The van der Waals surface area contributed by atoms with E-state index in [1.807, 2.05) is 13.0 Å². The number of aliphatic hydroxyl groups excluding tert-OH is 1. The fourth-order valence-corrected chi connectivity index (χ4v) is 0.864. The van der Waals surface area contributed by atoms with Gasteiger partial charge in [-0.3, -0.25) is 0 Å². The molecular weight excluding hydrogens is 158 g/mol. The standard InChI is InChI=1S/C8H15NO3/c1-3-8(6-9,7-11-2)12-5-4-10/h10H,3-5,7H2,1-2H3. The molecule has 0 amide bonds. The average Bonchev–Trinajstić information content (AvgIpc) is 2.13. The molecule has 1 unspecified atom stereocenters. The summed E-state index contributed by atoms with van der Waals surface area (Å²) >= 11 is 0. The Morgan fingerprint density at radius 1 is 1.58 bits per heavy atom. The molecule has 0 aromatic heterocycles. The number of rotatable bonds is 6. The van der Waals surface area contributed by atoms with Crippen LogP contribution in [0.2, 0.25) is 0 Å². The lowest BCUT2D eigenvalue weighted by Gasteiger charge is -2.23. The Morgan fingerprint density at radius 2 is 2.25 bits per heavy atom. The van der Waals surface area contributed by atoms with Gasteiger partial charge in [-0.1, -0.05) is 6.92 Å². The van der Waals surface area contributed by atoms with Gasteiger partial charge in [-0.25, -0.2) is 0 Å². The number of nitrogens with zero attached hydrogens (tertiary/aromatic N) is 1. The molecule has 70 valence electrons. The summed E-state index contributed by atoms with van der Waals surface area (Å²) in [6, 6.07) is 2.04. The molecule has 4 heteroatoms. The van der Waals surface area contributed by atoms with Crippen molar-refractivity contribution in [2.75, 3.05) is 26.9 Å². The van der Waals surface area contributed by atoms with Crippen LogP contribution in [0.1, 0.15) is 13.3 Å². The maximum atomic E-state index is 8.80. The highest BCUT2D eigenvalue weighted by Gasteiger charge is 2.28. The van der Waals surface area contributed by atoms with Crippen LogP contribution in [-0.2, 0) is 9.47 Å². The molecule has 0 aliphatic heterocycles.